The zero-order chi connectivity index (χ0) is 32.7. The van der Waals surface area contributed by atoms with Crippen molar-refractivity contribution in [2.24, 2.45) is 0 Å². The summed E-state index contributed by atoms with van der Waals surface area (Å²) in [4.78, 5) is 30.4. The van der Waals surface area contributed by atoms with Gasteiger partial charge in [-0.2, -0.15) is 15.2 Å². The summed E-state index contributed by atoms with van der Waals surface area (Å²) in [6.07, 6.45) is 4.27. The molecule has 0 radical (unpaired) electrons. The number of benzene rings is 2. The van der Waals surface area contributed by atoms with Gasteiger partial charge in [0, 0.05) is 50.2 Å². The zero-order valence-corrected chi connectivity index (χ0v) is 26.0. The van der Waals surface area contributed by atoms with Crippen molar-refractivity contribution in [2.75, 3.05) is 58.3 Å². The van der Waals surface area contributed by atoms with Crippen molar-refractivity contribution >= 4 is 45.0 Å². The van der Waals surface area contributed by atoms with Gasteiger partial charge in [0.15, 0.2) is 11.6 Å². The summed E-state index contributed by atoms with van der Waals surface area (Å²) in [6, 6.07) is 9.56. The number of amides is 1. The highest BCUT2D eigenvalue weighted by molar-refractivity contribution is 6.36. The quantitative estimate of drug-likeness (QED) is 0.245. The SMILES string of the molecule is C=C(F)C(=O)N1CCN(c2nc(OC)nc3c(F)c(-c4cccc5ccc(F)c(Cl)c45)ncc23)CC1.CC#N.CN1CCCC1. The summed E-state index contributed by atoms with van der Waals surface area (Å²) in [5, 5.41) is 8.48. The Morgan fingerprint density at radius 2 is 1.73 bits per heavy atom. The number of aromatic nitrogens is 3. The van der Waals surface area contributed by atoms with Gasteiger partial charge in [-0.3, -0.25) is 9.78 Å². The first-order valence-corrected chi connectivity index (χ1v) is 14.6. The second kappa shape index (κ2) is 15.0. The predicted molar refractivity (Wildman–Crippen MR) is 169 cm³/mol. The summed E-state index contributed by atoms with van der Waals surface area (Å²) >= 11 is 6.25. The van der Waals surface area contributed by atoms with E-state index in [1.807, 2.05) is 4.90 Å². The van der Waals surface area contributed by atoms with E-state index in [1.54, 1.807) is 30.3 Å². The highest BCUT2D eigenvalue weighted by atomic mass is 35.5. The van der Waals surface area contributed by atoms with E-state index >= 15 is 4.39 Å². The van der Waals surface area contributed by atoms with Crippen molar-refractivity contribution in [3.63, 3.8) is 0 Å². The first-order chi connectivity index (χ1) is 21.6. The Balaban J connectivity index is 0.000000446. The van der Waals surface area contributed by atoms with Gasteiger partial charge in [-0.25, -0.2) is 13.2 Å². The molecule has 0 unspecified atom stereocenters. The van der Waals surface area contributed by atoms with Crippen LogP contribution in [-0.2, 0) is 4.79 Å². The molecule has 0 N–H and O–H groups in total. The highest BCUT2D eigenvalue weighted by Gasteiger charge is 2.27. The third kappa shape index (κ3) is 7.44. The monoisotopic (exact) mass is 639 g/mol. The lowest BCUT2D eigenvalue weighted by Gasteiger charge is -2.35. The van der Waals surface area contributed by atoms with Crippen LogP contribution in [0.5, 0.6) is 6.01 Å². The van der Waals surface area contributed by atoms with E-state index in [0.717, 1.165) is 0 Å². The van der Waals surface area contributed by atoms with Crippen LogP contribution in [0.2, 0.25) is 5.02 Å². The molecule has 4 heterocycles. The number of rotatable bonds is 4. The number of pyridine rings is 1. The molecular formula is C32H33ClF3N7O2. The Kier molecular flexibility index (Phi) is 11.1. The van der Waals surface area contributed by atoms with Crippen LogP contribution < -0.4 is 9.64 Å². The Morgan fingerprint density at radius 3 is 2.31 bits per heavy atom. The summed E-state index contributed by atoms with van der Waals surface area (Å²) in [7, 11) is 3.54. The molecule has 0 saturated carbocycles. The van der Waals surface area contributed by atoms with E-state index in [9.17, 15) is 13.6 Å². The van der Waals surface area contributed by atoms with E-state index in [2.05, 4.69) is 33.5 Å². The standard InChI is InChI=1S/C25H19ClF3N5O2.C5H11N.C2H3N/c1-13(27)24(35)34-10-8-33(9-11-34)23-16-12-30-21(20(29)22(16)31-25(32-23)36-2)15-5-3-4-14-6-7-17(28)19(26)18(14)15;1-6-4-2-3-5-6;1-2-3/h3-7,12H,1,8-11H2,2H3;2-5H2,1H3;1H3. The van der Waals surface area contributed by atoms with E-state index < -0.39 is 23.4 Å². The van der Waals surface area contributed by atoms with Gasteiger partial charge in [0.05, 0.1) is 23.6 Å². The van der Waals surface area contributed by atoms with Gasteiger partial charge in [0.1, 0.15) is 22.8 Å². The van der Waals surface area contributed by atoms with Crippen LogP contribution >= 0.6 is 11.6 Å². The number of hydrogen-bond acceptors (Lipinski definition) is 8. The van der Waals surface area contributed by atoms with E-state index in [1.165, 1.54) is 57.1 Å². The number of methoxy groups -OCH3 is 1. The molecule has 0 bridgehead atoms. The third-order valence-corrected chi connectivity index (χ3v) is 7.81. The number of fused-ring (bicyclic) bond motifs is 2. The van der Waals surface area contributed by atoms with E-state index in [4.69, 9.17) is 21.6 Å². The number of piperazine rings is 1. The van der Waals surface area contributed by atoms with Crippen LogP contribution in [0.15, 0.2) is 48.9 Å². The van der Waals surface area contributed by atoms with Crippen molar-refractivity contribution in [1.29, 1.82) is 5.26 Å². The topological polar surface area (TPSA) is 98.5 Å². The summed E-state index contributed by atoms with van der Waals surface area (Å²) in [5.74, 6) is -2.79. The van der Waals surface area contributed by atoms with Crippen molar-refractivity contribution in [3.05, 3.63) is 65.6 Å². The molecule has 1 amide bonds. The van der Waals surface area contributed by atoms with Crippen LogP contribution in [-0.4, -0.2) is 84.1 Å². The first-order valence-electron chi connectivity index (χ1n) is 14.3. The smallest absolute Gasteiger partial charge is 0.318 e. The van der Waals surface area contributed by atoms with Gasteiger partial charge >= 0.3 is 6.01 Å². The zero-order valence-electron chi connectivity index (χ0n) is 25.3. The fourth-order valence-electron chi connectivity index (χ4n) is 5.22. The number of carbonyl (C=O) groups is 1. The van der Waals surface area contributed by atoms with Crippen LogP contribution in [0.25, 0.3) is 32.9 Å². The summed E-state index contributed by atoms with van der Waals surface area (Å²) in [5.41, 5.74) is 0.223. The van der Waals surface area contributed by atoms with Gasteiger partial charge in [-0.15, -0.1) is 0 Å². The van der Waals surface area contributed by atoms with Crippen molar-refractivity contribution in [1.82, 2.24) is 24.8 Å². The Bertz CT molecular complexity index is 1750. The number of carbonyl (C=O) groups excluding carboxylic acids is 1. The number of nitriles is 1. The fraction of sp³-hybridized carbons (Fsp3) is 0.344. The number of likely N-dealkylation sites (tertiary alicyclic amines) is 1. The molecule has 4 aromatic rings. The lowest BCUT2D eigenvalue weighted by molar-refractivity contribution is -0.128. The molecule has 2 aromatic carbocycles. The number of hydrogen-bond donors (Lipinski definition) is 0. The fourth-order valence-corrected chi connectivity index (χ4v) is 5.49. The number of anilines is 1. The lowest BCUT2D eigenvalue weighted by Crippen LogP contribution is -2.49. The molecule has 0 aliphatic carbocycles. The van der Waals surface area contributed by atoms with Crippen LogP contribution in [0, 0.1) is 23.0 Å². The molecule has 236 valence electrons. The molecule has 2 fully saturated rings. The maximum absolute atomic E-state index is 16.0. The number of nitrogens with zero attached hydrogens (tertiary/aromatic N) is 7. The minimum Gasteiger partial charge on any atom is -0.467 e. The maximum atomic E-state index is 16.0. The molecule has 2 aliphatic rings. The Labute approximate surface area is 264 Å². The van der Waals surface area contributed by atoms with Gasteiger partial charge in [0.25, 0.3) is 5.91 Å². The molecule has 9 nitrogen and oxygen atoms in total. The van der Waals surface area contributed by atoms with Gasteiger partial charge < -0.3 is 19.4 Å². The molecule has 2 aromatic heterocycles. The lowest BCUT2D eigenvalue weighted by atomic mass is 10.0. The minimum absolute atomic E-state index is 0.0398. The minimum atomic E-state index is -1.02. The normalized spacial score (nSPS) is 14.7. The van der Waals surface area contributed by atoms with Gasteiger partial charge in [0.2, 0.25) is 0 Å². The maximum Gasteiger partial charge on any atom is 0.318 e. The van der Waals surface area contributed by atoms with Crippen molar-refractivity contribution in [3.8, 4) is 23.3 Å². The first kappa shape index (κ1) is 33.4. The molecule has 45 heavy (non-hydrogen) atoms. The summed E-state index contributed by atoms with van der Waals surface area (Å²) in [6.45, 7) is 8.21. The molecule has 13 heteroatoms. The second-order valence-electron chi connectivity index (χ2n) is 10.4. The number of ether oxygens (including phenoxy) is 1. The van der Waals surface area contributed by atoms with Crippen molar-refractivity contribution in [2.45, 2.75) is 19.8 Å². The molecule has 6 rings (SSSR count). The van der Waals surface area contributed by atoms with Crippen LogP contribution in [0.3, 0.4) is 0 Å². The molecular weight excluding hydrogens is 607 g/mol. The molecule has 2 aliphatic heterocycles. The van der Waals surface area contributed by atoms with E-state index in [-0.39, 0.29) is 35.3 Å². The highest BCUT2D eigenvalue weighted by Crippen LogP contribution is 2.38. The Morgan fingerprint density at radius 1 is 1.07 bits per heavy atom. The average Bonchev–Trinajstić information content (AvgIpc) is 3.53. The molecule has 0 spiro atoms. The predicted octanol–water partition coefficient (Wildman–Crippen LogP) is 6.16. The largest absolute Gasteiger partial charge is 0.467 e. The molecule has 2 saturated heterocycles. The third-order valence-electron chi connectivity index (χ3n) is 7.44. The van der Waals surface area contributed by atoms with Gasteiger partial charge in [-0.1, -0.05) is 42.4 Å². The van der Waals surface area contributed by atoms with Crippen LogP contribution in [0.1, 0.15) is 19.8 Å². The van der Waals surface area contributed by atoms with Crippen LogP contribution in [0.4, 0.5) is 19.0 Å². The van der Waals surface area contributed by atoms with Crippen molar-refractivity contribution < 1.29 is 22.7 Å². The summed E-state index contributed by atoms with van der Waals surface area (Å²) < 4.78 is 48.7. The average molecular weight is 640 g/mol. The van der Waals surface area contributed by atoms with Gasteiger partial charge in [-0.05, 0) is 44.4 Å². The van der Waals surface area contributed by atoms with E-state index in [0.29, 0.717) is 40.6 Å². The second-order valence-corrected chi connectivity index (χ2v) is 10.8. The Hall–Kier alpha value is -4.47. The molecule has 0 atom stereocenters. The number of halogens is 4.